The van der Waals surface area contributed by atoms with Crippen molar-refractivity contribution in [1.29, 1.82) is 0 Å². The van der Waals surface area contributed by atoms with E-state index in [9.17, 15) is 28.7 Å². The van der Waals surface area contributed by atoms with Gasteiger partial charge in [-0.3, -0.25) is 9.13 Å². The van der Waals surface area contributed by atoms with Gasteiger partial charge in [-0.1, -0.05) is 36.4 Å². The number of allylic oxidation sites excluding steroid dienone is 2. The SMILES string of the molecule is COc1cc(N(c2ccc(C)c(OC)c2)C2C=CC(CCP(=O)(O)O)(CCP(=O)(O)O)C=C2)ccc1C. The zero-order chi connectivity index (χ0) is 27.4. The molecule has 0 aromatic heterocycles. The first-order valence-corrected chi connectivity index (χ1v) is 15.4. The maximum Gasteiger partial charge on any atom is 0.325 e. The number of anilines is 2. The maximum absolute atomic E-state index is 11.6. The summed E-state index contributed by atoms with van der Waals surface area (Å²) in [5, 5.41) is 0. The number of hydrogen-bond acceptors (Lipinski definition) is 5. The summed E-state index contributed by atoms with van der Waals surface area (Å²) in [5.41, 5.74) is 2.78. The Morgan fingerprint density at radius 1 is 0.784 bits per heavy atom. The molecule has 0 spiro atoms. The quantitative estimate of drug-likeness (QED) is 0.223. The molecule has 1 aliphatic carbocycles. The highest BCUT2D eigenvalue weighted by Gasteiger charge is 2.33. The molecular formula is C26H35NO8P2. The van der Waals surface area contributed by atoms with Crippen molar-refractivity contribution in [3.8, 4) is 11.5 Å². The van der Waals surface area contributed by atoms with E-state index in [-0.39, 0.29) is 31.2 Å². The number of ether oxygens (including phenoxy) is 2. The van der Waals surface area contributed by atoms with Gasteiger partial charge in [0.05, 0.1) is 32.6 Å². The van der Waals surface area contributed by atoms with Gasteiger partial charge in [0.25, 0.3) is 0 Å². The van der Waals surface area contributed by atoms with E-state index in [1.54, 1.807) is 14.2 Å². The van der Waals surface area contributed by atoms with Crippen LogP contribution >= 0.6 is 15.2 Å². The van der Waals surface area contributed by atoms with E-state index in [4.69, 9.17) is 9.47 Å². The van der Waals surface area contributed by atoms with Crippen LogP contribution in [0.25, 0.3) is 0 Å². The Hall–Kier alpha value is -2.38. The molecule has 11 heteroatoms. The van der Waals surface area contributed by atoms with Crippen molar-refractivity contribution >= 4 is 26.6 Å². The fraction of sp³-hybridized carbons (Fsp3) is 0.385. The summed E-state index contributed by atoms with van der Waals surface area (Å²) in [6, 6.07) is 11.5. The summed E-state index contributed by atoms with van der Waals surface area (Å²) in [5.74, 6) is 1.45. The lowest BCUT2D eigenvalue weighted by atomic mass is 9.78. The van der Waals surface area contributed by atoms with Crippen LogP contribution in [0.1, 0.15) is 24.0 Å². The molecule has 2 aromatic carbocycles. The topological polar surface area (TPSA) is 137 Å². The normalized spacial score (nSPS) is 15.6. The predicted molar refractivity (Wildman–Crippen MR) is 145 cm³/mol. The van der Waals surface area contributed by atoms with Gasteiger partial charge in [0, 0.05) is 28.9 Å². The average Bonchev–Trinajstić information content (AvgIpc) is 2.84. The van der Waals surface area contributed by atoms with Gasteiger partial charge in [-0.05, 0) is 49.9 Å². The zero-order valence-corrected chi connectivity index (χ0v) is 23.2. The van der Waals surface area contributed by atoms with Gasteiger partial charge in [-0.2, -0.15) is 0 Å². The van der Waals surface area contributed by atoms with Crippen LogP contribution in [-0.2, 0) is 9.13 Å². The van der Waals surface area contributed by atoms with E-state index in [1.807, 2.05) is 74.5 Å². The molecule has 9 nitrogen and oxygen atoms in total. The third-order valence-corrected chi connectivity index (χ3v) is 8.24. The van der Waals surface area contributed by atoms with Gasteiger partial charge in [0.2, 0.25) is 0 Å². The highest BCUT2D eigenvalue weighted by molar-refractivity contribution is 7.52. The molecule has 0 heterocycles. The molecule has 4 N–H and O–H groups in total. The largest absolute Gasteiger partial charge is 0.496 e. The van der Waals surface area contributed by atoms with Gasteiger partial charge >= 0.3 is 15.2 Å². The van der Waals surface area contributed by atoms with Gasteiger partial charge in [0.15, 0.2) is 0 Å². The first-order chi connectivity index (χ1) is 17.3. The Labute approximate surface area is 217 Å². The second-order valence-corrected chi connectivity index (χ2v) is 12.9. The molecule has 0 atom stereocenters. The van der Waals surface area contributed by atoms with Crippen molar-refractivity contribution in [2.24, 2.45) is 5.41 Å². The Bertz CT molecular complexity index is 1170. The molecule has 202 valence electrons. The van der Waals surface area contributed by atoms with Crippen LogP contribution in [0.4, 0.5) is 11.4 Å². The molecule has 0 amide bonds. The molecule has 1 aliphatic rings. The number of benzene rings is 2. The van der Waals surface area contributed by atoms with Gasteiger partial charge in [-0.15, -0.1) is 0 Å². The second-order valence-electron chi connectivity index (χ2n) is 9.40. The fourth-order valence-corrected chi connectivity index (χ4v) is 5.86. The number of aryl methyl sites for hydroxylation is 2. The lowest BCUT2D eigenvalue weighted by molar-refractivity contribution is 0.347. The van der Waals surface area contributed by atoms with Crippen molar-refractivity contribution in [2.75, 3.05) is 31.4 Å². The Morgan fingerprint density at radius 3 is 1.54 bits per heavy atom. The summed E-state index contributed by atoms with van der Waals surface area (Å²) in [7, 11) is -5.37. The van der Waals surface area contributed by atoms with Crippen molar-refractivity contribution < 1.29 is 38.2 Å². The minimum absolute atomic E-state index is 0.0632. The van der Waals surface area contributed by atoms with E-state index >= 15 is 0 Å². The molecule has 37 heavy (non-hydrogen) atoms. The zero-order valence-electron chi connectivity index (χ0n) is 21.4. The van der Waals surface area contributed by atoms with Crippen LogP contribution in [0.15, 0.2) is 60.7 Å². The van der Waals surface area contributed by atoms with Crippen LogP contribution in [0.3, 0.4) is 0 Å². The Kier molecular flexibility index (Phi) is 9.12. The maximum atomic E-state index is 11.6. The summed E-state index contributed by atoms with van der Waals surface area (Å²) in [6.07, 6.45) is 6.78. The number of methoxy groups -OCH3 is 2. The molecule has 0 bridgehead atoms. The van der Waals surface area contributed by atoms with E-state index in [2.05, 4.69) is 4.90 Å². The third kappa shape index (κ3) is 7.81. The van der Waals surface area contributed by atoms with E-state index in [0.29, 0.717) is 0 Å². The Morgan fingerprint density at radius 2 is 1.19 bits per heavy atom. The second kappa shape index (κ2) is 11.6. The van der Waals surface area contributed by atoms with E-state index in [1.165, 1.54) is 0 Å². The minimum Gasteiger partial charge on any atom is -0.496 e. The van der Waals surface area contributed by atoms with Crippen LogP contribution in [0.5, 0.6) is 11.5 Å². The lowest BCUT2D eigenvalue weighted by Crippen LogP contribution is -2.32. The number of hydrogen-bond donors (Lipinski definition) is 4. The van der Waals surface area contributed by atoms with Crippen LogP contribution in [-0.4, -0.2) is 52.2 Å². The molecule has 0 saturated heterocycles. The van der Waals surface area contributed by atoms with Crippen molar-refractivity contribution in [3.63, 3.8) is 0 Å². The van der Waals surface area contributed by atoms with Crippen LogP contribution < -0.4 is 14.4 Å². The highest BCUT2D eigenvalue weighted by atomic mass is 31.2. The van der Waals surface area contributed by atoms with Crippen LogP contribution in [0, 0.1) is 19.3 Å². The fourth-order valence-electron chi connectivity index (χ4n) is 4.45. The molecule has 0 unspecified atom stereocenters. The van der Waals surface area contributed by atoms with Crippen molar-refractivity contribution in [3.05, 3.63) is 71.8 Å². The summed E-state index contributed by atoms with van der Waals surface area (Å²) in [4.78, 5) is 39.9. The Balaban J connectivity index is 2.04. The average molecular weight is 552 g/mol. The molecule has 3 rings (SSSR count). The highest BCUT2D eigenvalue weighted by Crippen LogP contribution is 2.47. The van der Waals surface area contributed by atoms with E-state index in [0.717, 1.165) is 34.0 Å². The standard InChI is InChI=1S/C26H35NO8P2/c1-19-5-7-22(17-24(19)34-3)27(23-8-6-20(2)25(18-23)35-4)21-9-11-26(12-10-21,13-15-36(28,29)30)14-16-37(31,32)33/h5-12,17-18,21H,13-16H2,1-4H3,(H2,28,29,30)(H2,31,32,33). The molecule has 0 aliphatic heterocycles. The summed E-state index contributed by atoms with van der Waals surface area (Å²) < 4.78 is 34.3. The number of rotatable bonds is 11. The summed E-state index contributed by atoms with van der Waals surface area (Å²) in [6.45, 7) is 3.91. The molecule has 0 saturated carbocycles. The molecular weight excluding hydrogens is 516 g/mol. The monoisotopic (exact) mass is 551 g/mol. The van der Waals surface area contributed by atoms with Gasteiger partial charge in [-0.25, -0.2) is 0 Å². The minimum atomic E-state index is -4.30. The van der Waals surface area contributed by atoms with Crippen molar-refractivity contribution in [1.82, 2.24) is 0 Å². The van der Waals surface area contributed by atoms with E-state index < -0.39 is 20.6 Å². The van der Waals surface area contributed by atoms with Crippen LogP contribution in [0.2, 0.25) is 0 Å². The predicted octanol–water partition coefficient (Wildman–Crippen LogP) is 5.08. The lowest BCUT2D eigenvalue weighted by Gasteiger charge is -2.37. The smallest absolute Gasteiger partial charge is 0.325 e. The third-order valence-electron chi connectivity index (χ3n) is 6.63. The van der Waals surface area contributed by atoms with Gasteiger partial charge < -0.3 is 33.9 Å². The summed E-state index contributed by atoms with van der Waals surface area (Å²) >= 11 is 0. The molecule has 0 radical (unpaired) electrons. The molecule has 2 aromatic rings. The first kappa shape index (κ1) is 29.2. The van der Waals surface area contributed by atoms with Crippen molar-refractivity contribution in [2.45, 2.75) is 32.7 Å². The molecule has 0 fully saturated rings. The van der Waals surface area contributed by atoms with Gasteiger partial charge in [0.1, 0.15) is 11.5 Å². The first-order valence-electron chi connectivity index (χ1n) is 11.8. The number of nitrogens with zero attached hydrogens (tertiary/aromatic N) is 1.